The Morgan fingerprint density at radius 1 is 1.24 bits per heavy atom. The maximum atomic E-state index is 6.34. The van der Waals surface area contributed by atoms with Crippen LogP contribution in [0.4, 0.5) is 0 Å². The van der Waals surface area contributed by atoms with Crippen LogP contribution in [0, 0.1) is 13.8 Å². The summed E-state index contributed by atoms with van der Waals surface area (Å²) < 4.78 is 0. The fourth-order valence-corrected chi connectivity index (χ4v) is 3.67. The molecule has 0 amide bonds. The van der Waals surface area contributed by atoms with Gasteiger partial charge in [-0.1, -0.05) is 43.6 Å². The van der Waals surface area contributed by atoms with E-state index in [2.05, 4.69) is 47.4 Å². The van der Waals surface area contributed by atoms with Gasteiger partial charge in [0.15, 0.2) is 5.96 Å². The first-order valence-electron chi connectivity index (χ1n) is 7.96. The first kappa shape index (κ1) is 22.2. The van der Waals surface area contributed by atoms with Crippen LogP contribution in [-0.2, 0) is 12.0 Å². The number of guanidine groups is 1. The summed E-state index contributed by atoms with van der Waals surface area (Å²) >= 11 is 8.05. The van der Waals surface area contributed by atoms with Crippen molar-refractivity contribution in [2.24, 2.45) is 4.99 Å². The van der Waals surface area contributed by atoms with E-state index in [-0.39, 0.29) is 29.4 Å². The van der Waals surface area contributed by atoms with Crippen molar-refractivity contribution in [2.45, 2.75) is 39.7 Å². The van der Waals surface area contributed by atoms with E-state index in [4.69, 9.17) is 11.6 Å². The Morgan fingerprint density at radius 3 is 2.48 bits per heavy atom. The summed E-state index contributed by atoms with van der Waals surface area (Å²) in [7, 11) is 1.77. The zero-order valence-corrected chi connectivity index (χ0v) is 19.2. The van der Waals surface area contributed by atoms with Gasteiger partial charge in [0.25, 0.3) is 0 Å². The zero-order chi connectivity index (χ0) is 17.7. The highest BCUT2D eigenvalue weighted by Crippen LogP contribution is 2.28. The Bertz CT molecular complexity index is 708. The minimum Gasteiger partial charge on any atom is -0.356 e. The molecule has 0 aliphatic carbocycles. The van der Waals surface area contributed by atoms with E-state index in [0.717, 1.165) is 33.8 Å². The lowest BCUT2D eigenvalue weighted by molar-refractivity contribution is 0.509. The summed E-state index contributed by atoms with van der Waals surface area (Å²) in [5, 5.41) is 8.56. The summed E-state index contributed by atoms with van der Waals surface area (Å²) in [6.45, 7) is 9.87. The Kier molecular flexibility index (Phi) is 8.63. The molecule has 0 saturated carbocycles. The lowest BCUT2D eigenvalue weighted by atomic mass is 9.84. The van der Waals surface area contributed by atoms with Crippen molar-refractivity contribution in [3.63, 3.8) is 0 Å². The highest BCUT2D eigenvalue weighted by molar-refractivity contribution is 14.0. The van der Waals surface area contributed by atoms with Crippen molar-refractivity contribution < 1.29 is 0 Å². The first-order chi connectivity index (χ1) is 11.3. The predicted octanol–water partition coefficient (Wildman–Crippen LogP) is 4.67. The number of thiazole rings is 1. The highest BCUT2D eigenvalue weighted by atomic mass is 127. The summed E-state index contributed by atoms with van der Waals surface area (Å²) in [4.78, 5) is 10.1. The molecule has 1 aromatic heterocycles. The summed E-state index contributed by atoms with van der Waals surface area (Å²) in [6, 6.07) is 7.97. The lowest BCUT2D eigenvalue weighted by Gasteiger charge is -2.27. The molecule has 2 aromatic rings. The van der Waals surface area contributed by atoms with Gasteiger partial charge in [-0.25, -0.2) is 4.98 Å². The topological polar surface area (TPSA) is 49.3 Å². The number of rotatable bonds is 5. The third-order valence-corrected chi connectivity index (χ3v) is 5.41. The third kappa shape index (κ3) is 6.11. The molecule has 1 heterocycles. The fraction of sp³-hybridized carbons (Fsp3) is 0.444. The number of hydrogen-bond donors (Lipinski definition) is 2. The zero-order valence-electron chi connectivity index (χ0n) is 15.3. The molecule has 138 valence electrons. The average molecular weight is 493 g/mol. The van der Waals surface area contributed by atoms with Crippen LogP contribution in [0.5, 0.6) is 0 Å². The van der Waals surface area contributed by atoms with Crippen LogP contribution >= 0.6 is 46.9 Å². The predicted molar refractivity (Wildman–Crippen MR) is 120 cm³/mol. The average Bonchev–Trinajstić information content (AvgIpc) is 2.86. The minimum atomic E-state index is -0.107. The number of aromatic nitrogens is 1. The molecule has 0 fully saturated rings. The van der Waals surface area contributed by atoms with Gasteiger partial charge in [-0.05, 0) is 25.5 Å². The third-order valence-electron chi connectivity index (χ3n) is 4.00. The molecule has 0 unspecified atom stereocenters. The number of nitrogens with zero attached hydrogens (tertiary/aromatic N) is 2. The maximum absolute atomic E-state index is 6.34. The van der Waals surface area contributed by atoms with Crippen LogP contribution < -0.4 is 10.6 Å². The fourth-order valence-electron chi connectivity index (χ4n) is 2.40. The van der Waals surface area contributed by atoms with Gasteiger partial charge in [-0.2, -0.15) is 0 Å². The van der Waals surface area contributed by atoms with Crippen LogP contribution in [0.25, 0.3) is 0 Å². The molecule has 0 aliphatic heterocycles. The largest absolute Gasteiger partial charge is 0.356 e. The number of benzene rings is 1. The number of aryl methyl sites for hydroxylation is 2. The van der Waals surface area contributed by atoms with Crippen LogP contribution in [0.15, 0.2) is 29.3 Å². The van der Waals surface area contributed by atoms with Crippen molar-refractivity contribution in [3.05, 3.63) is 50.4 Å². The van der Waals surface area contributed by atoms with Crippen molar-refractivity contribution in [3.8, 4) is 0 Å². The first-order valence-corrected chi connectivity index (χ1v) is 9.15. The van der Waals surface area contributed by atoms with Crippen molar-refractivity contribution in [2.75, 3.05) is 13.6 Å². The molecule has 1 aromatic carbocycles. The van der Waals surface area contributed by atoms with E-state index in [1.807, 2.05) is 25.1 Å². The molecule has 0 spiro atoms. The molecule has 0 saturated heterocycles. The second-order valence-electron chi connectivity index (χ2n) is 6.39. The van der Waals surface area contributed by atoms with Gasteiger partial charge in [0.05, 0.1) is 12.2 Å². The highest BCUT2D eigenvalue weighted by Gasteiger charge is 2.23. The Balaban J connectivity index is 0.00000312. The van der Waals surface area contributed by atoms with Gasteiger partial charge in [0.2, 0.25) is 0 Å². The van der Waals surface area contributed by atoms with E-state index in [1.54, 1.807) is 18.4 Å². The number of halogens is 2. The van der Waals surface area contributed by atoms with E-state index in [0.29, 0.717) is 6.54 Å². The molecule has 25 heavy (non-hydrogen) atoms. The van der Waals surface area contributed by atoms with Crippen LogP contribution in [0.3, 0.4) is 0 Å². The molecule has 7 heteroatoms. The smallest absolute Gasteiger partial charge is 0.191 e. The van der Waals surface area contributed by atoms with Crippen molar-refractivity contribution >= 4 is 52.9 Å². The van der Waals surface area contributed by atoms with Crippen LogP contribution in [0.2, 0.25) is 5.02 Å². The van der Waals surface area contributed by atoms with Gasteiger partial charge >= 0.3 is 0 Å². The van der Waals surface area contributed by atoms with E-state index >= 15 is 0 Å². The maximum Gasteiger partial charge on any atom is 0.191 e. The standard InChI is InChI=1S/C18H25ClN4S.HI/c1-12-13(2)24-16(23-12)10-21-17(20-5)22-11-18(3,4)14-8-6-7-9-15(14)19;/h6-9H,10-11H2,1-5H3,(H2,20,21,22);1H. The lowest BCUT2D eigenvalue weighted by Crippen LogP contribution is -2.43. The molecular weight excluding hydrogens is 467 g/mol. The molecule has 0 aliphatic rings. The Hall–Kier alpha value is -0.860. The molecule has 0 radical (unpaired) electrons. The van der Waals surface area contributed by atoms with E-state index in [1.165, 1.54) is 4.88 Å². The summed E-state index contributed by atoms with van der Waals surface area (Å²) in [5.74, 6) is 0.764. The molecule has 4 nitrogen and oxygen atoms in total. The van der Waals surface area contributed by atoms with Crippen LogP contribution in [-0.4, -0.2) is 24.5 Å². The van der Waals surface area contributed by atoms with Gasteiger partial charge in [-0.3, -0.25) is 4.99 Å². The molecule has 0 atom stereocenters. The molecule has 2 N–H and O–H groups in total. The molecular formula is C18H26ClIN4S. The van der Waals surface area contributed by atoms with Crippen molar-refractivity contribution in [1.82, 2.24) is 15.6 Å². The van der Waals surface area contributed by atoms with E-state index in [9.17, 15) is 0 Å². The van der Waals surface area contributed by atoms with Gasteiger partial charge < -0.3 is 10.6 Å². The second kappa shape index (κ2) is 9.73. The number of hydrogen-bond acceptors (Lipinski definition) is 3. The van der Waals surface area contributed by atoms with E-state index < -0.39 is 0 Å². The molecule has 0 bridgehead atoms. The van der Waals surface area contributed by atoms with Gasteiger partial charge in [0, 0.05) is 28.9 Å². The minimum absolute atomic E-state index is 0. The molecule has 2 rings (SSSR count). The number of aliphatic imine (C=N–C) groups is 1. The normalized spacial score (nSPS) is 11.8. The van der Waals surface area contributed by atoms with Crippen molar-refractivity contribution in [1.29, 1.82) is 0 Å². The Labute approximate surface area is 176 Å². The van der Waals surface area contributed by atoms with Gasteiger partial charge in [0.1, 0.15) is 5.01 Å². The summed E-state index contributed by atoms with van der Waals surface area (Å²) in [6.07, 6.45) is 0. The van der Waals surface area contributed by atoms with Crippen LogP contribution in [0.1, 0.15) is 35.0 Å². The number of nitrogens with one attached hydrogen (secondary N) is 2. The SMILES string of the molecule is CN=C(NCc1nc(C)c(C)s1)NCC(C)(C)c1ccccc1Cl.I. The summed E-state index contributed by atoms with van der Waals surface area (Å²) in [5.41, 5.74) is 2.12. The monoisotopic (exact) mass is 492 g/mol. The van der Waals surface area contributed by atoms with Gasteiger partial charge in [-0.15, -0.1) is 35.3 Å². The second-order valence-corrected chi connectivity index (χ2v) is 8.09. The quantitative estimate of drug-likeness (QED) is 0.362. The Morgan fingerprint density at radius 2 is 1.92 bits per heavy atom.